The summed E-state index contributed by atoms with van der Waals surface area (Å²) in [6.07, 6.45) is 4.15. The Labute approximate surface area is 228 Å². The van der Waals surface area contributed by atoms with E-state index in [-0.39, 0.29) is 31.3 Å². The zero-order valence-corrected chi connectivity index (χ0v) is 22.4. The van der Waals surface area contributed by atoms with E-state index in [2.05, 4.69) is 11.1 Å². The highest BCUT2D eigenvalue weighted by atomic mass is 16.2. The van der Waals surface area contributed by atoms with Crippen molar-refractivity contribution in [1.29, 1.82) is 5.26 Å². The van der Waals surface area contributed by atoms with Gasteiger partial charge in [-0.05, 0) is 29.8 Å². The van der Waals surface area contributed by atoms with Crippen LogP contribution in [0.2, 0.25) is 0 Å². The molecule has 1 fully saturated rings. The maximum absolute atomic E-state index is 13.9. The van der Waals surface area contributed by atoms with Crippen molar-refractivity contribution in [2.75, 3.05) is 38.1 Å². The van der Waals surface area contributed by atoms with Crippen molar-refractivity contribution >= 4 is 23.5 Å². The van der Waals surface area contributed by atoms with Gasteiger partial charge >= 0.3 is 11.9 Å². The number of quaternary nitrogens is 1. The summed E-state index contributed by atoms with van der Waals surface area (Å²) in [5, 5.41) is 9.02. The second-order valence-corrected chi connectivity index (χ2v) is 9.81. The third-order valence-corrected chi connectivity index (χ3v) is 7.51. The van der Waals surface area contributed by atoms with Crippen LogP contribution in [-0.2, 0) is 22.6 Å². The second-order valence-electron chi connectivity index (χ2n) is 9.81. The van der Waals surface area contributed by atoms with Crippen LogP contribution in [0.15, 0.2) is 67.1 Å². The van der Waals surface area contributed by atoms with Gasteiger partial charge in [0.2, 0.25) is 6.04 Å². The smallest absolute Gasteiger partial charge is 0.359 e. The minimum Gasteiger partial charge on any atom is -0.359 e. The Morgan fingerprint density at radius 2 is 1.87 bits per heavy atom. The Balaban J connectivity index is 1.51. The number of primary amides is 1. The van der Waals surface area contributed by atoms with Crippen molar-refractivity contribution in [1.82, 2.24) is 14.5 Å². The molecular weight excluding hydrogens is 494 g/mol. The largest absolute Gasteiger partial charge is 0.422 e. The van der Waals surface area contributed by atoms with Gasteiger partial charge in [-0.3, -0.25) is 4.79 Å². The van der Waals surface area contributed by atoms with E-state index in [4.69, 9.17) is 11.0 Å². The fourth-order valence-corrected chi connectivity index (χ4v) is 5.21. The van der Waals surface area contributed by atoms with Crippen LogP contribution in [0.25, 0.3) is 0 Å². The van der Waals surface area contributed by atoms with Crippen LogP contribution < -0.4 is 10.6 Å². The number of hydrogen-bond acceptors (Lipinski definition) is 6. The first-order chi connectivity index (χ1) is 18.8. The van der Waals surface area contributed by atoms with Gasteiger partial charge in [0.1, 0.15) is 6.54 Å². The Bertz CT molecular complexity index is 1360. The van der Waals surface area contributed by atoms with Gasteiger partial charge in [-0.25, -0.2) is 14.6 Å². The highest BCUT2D eigenvalue weighted by Crippen LogP contribution is 2.27. The van der Waals surface area contributed by atoms with E-state index in [0.717, 1.165) is 16.9 Å². The van der Waals surface area contributed by atoms with Crippen LogP contribution >= 0.6 is 0 Å². The predicted octanol–water partition coefficient (Wildman–Crippen LogP) is 2.52. The van der Waals surface area contributed by atoms with E-state index in [1.54, 1.807) is 43.5 Å². The number of imidazole rings is 1. The average Bonchev–Trinajstić information content (AvgIpc) is 3.42. The van der Waals surface area contributed by atoms with Gasteiger partial charge in [-0.2, -0.15) is 9.74 Å². The van der Waals surface area contributed by atoms with Gasteiger partial charge in [0.25, 0.3) is 5.91 Å². The topological polar surface area (TPSA) is 125 Å². The highest BCUT2D eigenvalue weighted by Gasteiger charge is 2.56. The molecule has 1 aliphatic heterocycles. The van der Waals surface area contributed by atoms with E-state index in [1.807, 2.05) is 51.9 Å². The van der Waals surface area contributed by atoms with Crippen LogP contribution in [0.4, 0.5) is 10.5 Å². The van der Waals surface area contributed by atoms with Gasteiger partial charge < -0.3 is 20.1 Å². The SMILES string of the molecule is CCC(=O)[N+]1(C(N)=O)CCN(c2ccccc2)C[C@@H]1C(=O)N(C)CCc1cncn1Cc1ccc(C#N)cc1. The van der Waals surface area contributed by atoms with Crippen molar-refractivity contribution < 1.29 is 18.9 Å². The minimum atomic E-state index is -0.947. The molecule has 0 bridgehead atoms. The van der Waals surface area contributed by atoms with Gasteiger partial charge in [-0.1, -0.05) is 37.3 Å². The number of hydrogen-bond donors (Lipinski definition) is 1. The Kier molecular flexibility index (Phi) is 8.42. The van der Waals surface area contributed by atoms with Gasteiger partial charge in [0.15, 0.2) is 0 Å². The number of carbonyl (C=O) groups excluding carboxylic acids is 3. The average molecular weight is 529 g/mol. The van der Waals surface area contributed by atoms with Crippen molar-refractivity contribution in [3.05, 3.63) is 83.9 Å². The number of nitrogens with zero attached hydrogens (tertiary/aromatic N) is 6. The molecule has 1 aromatic heterocycles. The first-order valence-electron chi connectivity index (χ1n) is 13.0. The van der Waals surface area contributed by atoms with Crippen molar-refractivity contribution in [3.8, 4) is 6.07 Å². The molecule has 4 amide bonds. The zero-order chi connectivity index (χ0) is 28.0. The number of para-hydroxylation sites is 1. The molecule has 39 heavy (non-hydrogen) atoms. The van der Waals surface area contributed by atoms with E-state index in [1.165, 1.54) is 0 Å². The molecule has 1 aliphatic rings. The molecule has 4 rings (SSSR count). The Morgan fingerprint density at radius 3 is 2.51 bits per heavy atom. The number of aromatic nitrogens is 2. The molecule has 1 saturated heterocycles. The minimum absolute atomic E-state index is 0.107. The lowest BCUT2D eigenvalue weighted by Gasteiger charge is -2.45. The van der Waals surface area contributed by atoms with Crippen LogP contribution in [-0.4, -0.2) is 76.0 Å². The maximum Gasteiger partial charge on any atom is 0.422 e. The number of anilines is 1. The summed E-state index contributed by atoms with van der Waals surface area (Å²) in [6, 6.07) is 17.4. The molecule has 2 aromatic carbocycles. The lowest BCUT2D eigenvalue weighted by Crippen LogP contribution is -2.75. The van der Waals surface area contributed by atoms with E-state index in [9.17, 15) is 14.4 Å². The Morgan fingerprint density at radius 1 is 1.15 bits per heavy atom. The fourth-order valence-electron chi connectivity index (χ4n) is 5.21. The molecule has 0 spiro atoms. The number of rotatable bonds is 8. The molecule has 0 saturated carbocycles. The first kappa shape index (κ1) is 27.5. The van der Waals surface area contributed by atoms with Crippen molar-refractivity contribution in [2.24, 2.45) is 5.73 Å². The summed E-state index contributed by atoms with van der Waals surface area (Å²) in [5.74, 6) is -0.642. The lowest BCUT2D eigenvalue weighted by molar-refractivity contribution is -0.792. The summed E-state index contributed by atoms with van der Waals surface area (Å²) in [6.45, 7) is 3.42. The zero-order valence-electron chi connectivity index (χ0n) is 22.4. The lowest BCUT2D eigenvalue weighted by atomic mass is 10.0. The molecular formula is C29H34N7O3+. The third-order valence-electron chi connectivity index (χ3n) is 7.51. The van der Waals surface area contributed by atoms with Crippen LogP contribution in [0.3, 0.4) is 0 Å². The van der Waals surface area contributed by atoms with E-state index >= 15 is 0 Å². The van der Waals surface area contributed by atoms with Crippen molar-refractivity contribution in [2.45, 2.75) is 32.4 Å². The molecule has 0 aliphatic carbocycles. The quantitative estimate of drug-likeness (QED) is 0.448. The number of imide groups is 1. The second kappa shape index (κ2) is 11.9. The summed E-state index contributed by atoms with van der Waals surface area (Å²) < 4.78 is 1.33. The molecule has 0 radical (unpaired) electrons. The van der Waals surface area contributed by atoms with Crippen LogP contribution in [0.1, 0.15) is 30.2 Å². The summed E-state index contributed by atoms with van der Waals surface area (Å²) >= 11 is 0. The molecule has 2 atom stereocenters. The summed E-state index contributed by atoms with van der Waals surface area (Å²) in [4.78, 5) is 47.8. The number of piperazine rings is 1. The monoisotopic (exact) mass is 528 g/mol. The fraction of sp³-hybridized carbons (Fsp3) is 0.345. The standard InChI is InChI=1S/C29H33N7O3/c1-3-27(37)36(29(31)39)16-15-34(24-7-5-4-6-8-24)20-26(36)28(38)33(2)14-13-25-18-32-21-35(25)19-23-11-9-22(17-30)10-12-23/h4-12,18,21,26H,3,13-16,19-20H2,1-2H3,(H-,31,39)/p+1/t26-,36?/m1/s1. The molecule has 2 N–H and O–H groups in total. The molecule has 3 aromatic rings. The number of nitriles is 1. The first-order valence-corrected chi connectivity index (χ1v) is 13.0. The van der Waals surface area contributed by atoms with Crippen LogP contribution in [0.5, 0.6) is 0 Å². The molecule has 10 heteroatoms. The van der Waals surface area contributed by atoms with E-state index in [0.29, 0.717) is 31.6 Å². The maximum atomic E-state index is 13.9. The number of amides is 4. The van der Waals surface area contributed by atoms with Gasteiger partial charge in [0, 0.05) is 44.1 Å². The van der Waals surface area contributed by atoms with Crippen molar-refractivity contribution in [3.63, 3.8) is 0 Å². The highest BCUT2D eigenvalue weighted by molar-refractivity contribution is 5.90. The Hall–Kier alpha value is -4.49. The summed E-state index contributed by atoms with van der Waals surface area (Å²) in [5.41, 5.74) is 9.35. The normalized spacial score (nSPS) is 18.8. The summed E-state index contributed by atoms with van der Waals surface area (Å²) in [7, 11) is 1.69. The number of carbonyl (C=O) groups is 3. The molecule has 202 valence electrons. The number of nitrogens with two attached hydrogens (primary N) is 1. The third kappa shape index (κ3) is 5.68. The van der Waals surface area contributed by atoms with E-state index < -0.39 is 16.6 Å². The molecule has 10 nitrogen and oxygen atoms in total. The number of benzene rings is 2. The van der Waals surface area contributed by atoms with Crippen LogP contribution in [0, 0.1) is 11.3 Å². The predicted molar refractivity (Wildman–Crippen MR) is 146 cm³/mol. The number of urea groups is 1. The molecule has 1 unspecified atom stereocenters. The molecule has 2 heterocycles. The van der Waals surface area contributed by atoms with Gasteiger partial charge in [-0.15, -0.1) is 0 Å². The van der Waals surface area contributed by atoms with Gasteiger partial charge in [0.05, 0.1) is 37.5 Å². The number of likely N-dealkylation sites (N-methyl/N-ethyl adjacent to an activating group) is 1.